The second kappa shape index (κ2) is 9.49. The van der Waals surface area contributed by atoms with E-state index in [0.717, 1.165) is 5.56 Å². The smallest absolute Gasteiger partial charge is 0.155 e. The summed E-state index contributed by atoms with van der Waals surface area (Å²) in [5, 5.41) is 11.0. The number of nitrogens with two attached hydrogens (primary N) is 3. The van der Waals surface area contributed by atoms with Crippen LogP contribution in [-0.2, 0) is 0 Å². The lowest BCUT2D eigenvalue weighted by molar-refractivity contribution is 0.749. The summed E-state index contributed by atoms with van der Waals surface area (Å²) in [7, 11) is 1.67. The first-order valence-electron chi connectivity index (χ1n) is 9.57. The Hall–Kier alpha value is -4.27. The molecule has 0 spiro atoms. The average molecular weight is 416 g/mol. The van der Waals surface area contributed by atoms with Gasteiger partial charge in [-0.1, -0.05) is 0 Å². The van der Waals surface area contributed by atoms with Gasteiger partial charge in [0, 0.05) is 60.3 Å². The average Bonchev–Trinajstić information content (AvgIpc) is 2.77. The maximum Gasteiger partial charge on any atom is 0.155 e. The van der Waals surface area contributed by atoms with E-state index in [1.807, 2.05) is 19.1 Å². The van der Waals surface area contributed by atoms with E-state index in [9.17, 15) is 0 Å². The highest BCUT2D eigenvalue weighted by atomic mass is 15.0. The van der Waals surface area contributed by atoms with Crippen LogP contribution in [0, 0.1) is 5.41 Å². The third kappa shape index (κ3) is 4.84. The Morgan fingerprint density at radius 3 is 2.74 bits per heavy atom. The molecule has 1 aliphatic heterocycles. The van der Waals surface area contributed by atoms with E-state index in [1.165, 1.54) is 12.4 Å². The first-order valence-corrected chi connectivity index (χ1v) is 9.57. The highest BCUT2D eigenvalue weighted by Gasteiger charge is 2.12. The van der Waals surface area contributed by atoms with Crippen LogP contribution in [0.25, 0.3) is 16.6 Å². The third-order valence-electron chi connectivity index (χ3n) is 4.68. The van der Waals surface area contributed by atoms with Gasteiger partial charge >= 0.3 is 0 Å². The number of aliphatic imine (C=N–C) groups is 2. The summed E-state index contributed by atoms with van der Waals surface area (Å²) in [6.45, 7) is 1.90. The molecule has 0 saturated heterocycles. The Kier molecular flexibility index (Phi) is 6.56. The molecule has 0 fully saturated rings. The van der Waals surface area contributed by atoms with Crippen LogP contribution >= 0.6 is 0 Å². The van der Waals surface area contributed by atoms with Gasteiger partial charge < -0.3 is 27.9 Å². The van der Waals surface area contributed by atoms with Gasteiger partial charge in [0.15, 0.2) is 5.82 Å². The first kappa shape index (κ1) is 21.4. The summed E-state index contributed by atoms with van der Waals surface area (Å²) in [6.07, 6.45) is 11.1. The van der Waals surface area contributed by atoms with Crippen LogP contribution in [0.3, 0.4) is 0 Å². The summed E-state index contributed by atoms with van der Waals surface area (Å²) < 4.78 is 0. The van der Waals surface area contributed by atoms with E-state index < -0.39 is 0 Å². The van der Waals surface area contributed by atoms with E-state index in [4.69, 9.17) is 22.6 Å². The molecule has 3 heterocycles. The van der Waals surface area contributed by atoms with E-state index in [1.54, 1.807) is 43.9 Å². The Balaban J connectivity index is 2.35. The summed E-state index contributed by atoms with van der Waals surface area (Å²) in [5.41, 5.74) is 22.8. The van der Waals surface area contributed by atoms with Crippen LogP contribution in [0.1, 0.15) is 12.5 Å². The molecule has 3 rings (SSSR count). The lowest BCUT2D eigenvalue weighted by atomic mass is 10.0. The zero-order valence-corrected chi connectivity index (χ0v) is 17.4. The summed E-state index contributed by atoms with van der Waals surface area (Å²) in [5.74, 6) is 0.674. The molecule has 0 amide bonds. The monoisotopic (exact) mass is 415 g/mol. The number of fused-ring (bicyclic) bond motifs is 2. The zero-order valence-electron chi connectivity index (χ0n) is 17.4. The van der Waals surface area contributed by atoms with Crippen LogP contribution < -0.4 is 22.5 Å². The quantitative estimate of drug-likeness (QED) is 0.480. The van der Waals surface area contributed by atoms with Crippen molar-refractivity contribution in [2.75, 3.05) is 7.05 Å². The second-order valence-corrected chi connectivity index (χ2v) is 6.82. The lowest BCUT2D eigenvalue weighted by Gasteiger charge is -2.15. The van der Waals surface area contributed by atoms with Crippen LogP contribution in [0.2, 0.25) is 0 Å². The fourth-order valence-electron chi connectivity index (χ4n) is 3.05. The number of hydrogen-bond donors (Lipinski definition) is 5. The van der Waals surface area contributed by atoms with Crippen molar-refractivity contribution >= 4 is 40.7 Å². The molecule has 0 saturated carbocycles. The van der Waals surface area contributed by atoms with Crippen molar-refractivity contribution in [1.29, 1.82) is 5.41 Å². The Morgan fingerprint density at radius 2 is 2.03 bits per heavy atom. The van der Waals surface area contributed by atoms with E-state index in [0.29, 0.717) is 39.3 Å². The molecule has 8 N–H and O–H groups in total. The third-order valence-corrected chi connectivity index (χ3v) is 4.68. The normalized spacial score (nSPS) is 18.0. The Labute approximate surface area is 180 Å². The van der Waals surface area contributed by atoms with Gasteiger partial charge in [0.25, 0.3) is 0 Å². The molecular formula is C22H25N9. The number of amidine groups is 1. The van der Waals surface area contributed by atoms with E-state index >= 15 is 0 Å². The largest absolute Gasteiger partial charge is 0.405 e. The number of nitrogens with zero attached hydrogens (tertiary/aromatic N) is 4. The fourth-order valence-corrected chi connectivity index (χ4v) is 3.05. The van der Waals surface area contributed by atoms with Gasteiger partial charge in [0.2, 0.25) is 0 Å². The molecular weight excluding hydrogens is 390 g/mol. The fraction of sp³-hybridized carbons (Fsp3) is 0.136. The summed E-state index contributed by atoms with van der Waals surface area (Å²) in [4.78, 5) is 17.6. The summed E-state index contributed by atoms with van der Waals surface area (Å²) in [6, 6.07) is 5.20. The number of aromatic nitrogens is 2. The molecule has 2 aromatic heterocycles. The van der Waals surface area contributed by atoms with Gasteiger partial charge in [-0.15, -0.1) is 0 Å². The minimum Gasteiger partial charge on any atom is -0.405 e. The van der Waals surface area contributed by atoms with Gasteiger partial charge in [-0.3, -0.25) is 9.98 Å². The molecule has 31 heavy (non-hydrogen) atoms. The Morgan fingerprint density at radius 1 is 1.23 bits per heavy atom. The first-order chi connectivity index (χ1) is 15.0. The summed E-state index contributed by atoms with van der Waals surface area (Å²) >= 11 is 0. The van der Waals surface area contributed by atoms with Crippen LogP contribution in [0.5, 0.6) is 0 Å². The maximum atomic E-state index is 7.75. The van der Waals surface area contributed by atoms with Gasteiger partial charge in [-0.2, -0.15) is 0 Å². The lowest BCUT2D eigenvalue weighted by Crippen LogP contribution is -2.26. The molecule has 0 aromatic carbocycles. The van der Waals surface area contributed by atoms with Crippen LogP contribution in [0.4, 0.5) is 5.82 Å². The molecule has 1 aliphatic rings. The highest BCUT2D eigenvalue weighted by molar-refractivity contribution is 6.12. The molecule has 0 radical (unpaired) electrons. The predicted octanol–water partition coefficient (Wildman–Crippen LogP) is 1.91. The van der Waals surface area contributed by atoms with E-state index in [2.05, 4.69) is 25.3 Å². The maximum absolute atomic E-state index is 7.75. The van der Waals surface area contributed by atoms with E-state index in [-0.39, 0.29) is 11.9 Å². The second-order valence-electron chi connectivity index (χ2n) is 6.82. The standard InChI is InChI=1S/C22H25N9/c1-13-15(9-24)8-20(25)31-21-4-3-18-19(30-21)7-16(11-29-18)17(12-27-2)22(26)14(5-6-23)10-28-13/h3-13,24,28H,23,26H2,1-2H3,(H2,25,30,31). The van der Waals surface area contributed by atoms with Crippen LogP contribution in [-0.4, -0.2) is 41.3 Å². The van der Waals surface area contributed by atoms with Crippen molar-refractivity contribution in [2.24, 2.45) is 27.2 Å². The number of hydrogen-bond acceptors (Lipinski definition) is 9. The van der Waals surface area contributed by atoms with Gasteiger partial charge in [0.05, 0.1) is 11.0 Å². The SMILES string of the molecule is CN=CC1=C(N)C(C=CN)=CNC(C)C(C=N)=CC(N)=Nc2ccc3ncc1cc3n2. The van der Waals surface area contributed by atoms with Crippen molar-refractivity contribution in [2.45, 2.75) is 13.0 Å². The zero-order chi connectivity index (χ0) is 22.4. The topological polar surface area (TPSA) is 164 Å². The van der Waals surface area contributed by atoms with Crippen molar-refractivity contribution < 1.29 is 0 Å². The molecule has 9 nitrogen and oxygen atoms in total. The van der Waals surface area contributed by atoms with Crippen molar-refractivity contribution in [3.63, 3.8) is 0 Å². The number of rotatable bonds is 3. The molecule has 158 valence electrons. The van der Waals surface area contributed by atoms with Crippen molar-refractivity contribution in [3.8, 4) is 0 Å². The van der Waals surface area contributed by atoms with Gasteiger partial charge in [-0.05, 0) is 49.0 Å². The number of pyridine rings is 2. The Bertz CT molecular complexity index is 1180. The molecule has 3 bridgehead atoms. The van der Waals surface area contributed by atoms with Gasteiger partial charge in [0.1, 0.15) is 5.84 Å². The highest BCUT2D eigenvalue weighted by Crippen LogP contribution is 2.24. The van der Waals surface area contributed by atoms with Crippen LogP contribution in [0.15, 0.2) is 75.8 Å². The molecule has 2 aromatic rings. The predicted molar refractivity (Wildman–Crippen MR) is 127 cm³/mol. The molecule has 1 atom stereocenters. The molecule has 9 heteroatoms. The van der Waals surface area contributed by atoms with Crippen molar-refractivity contribution in [1.82, 2.24) is 15.3 Å². The number of nitrogens with one attached hydrogen (secondary N) is 2. The molecule has 0 aliphatic carbocycles. The van der Waals surface area contributed by atoms with Crippen molar-refractivity contribution in [3.05, 3.63) is 71.4 Å². The van der Waals surface area contributed by atoms with Gasteiger partial charge in [-0.25, -0.2) is 9.98 Å². The minimum absolute atomic E-state index is 0.237. The molecule has 1 unspecified atom stereocenters. The number of allylic oxidation sites excluding steroid dienone is 2. The minimum atomic E-state index is -0.244.